The lowest BCUT2D eigenvalue weighted by Crippen LogP contribution is -2.11. The molecule has 0 radical (unpaired) electrons. The molecule has 0 aliphatic carbocycles. The Morgan fingerprint density at radius 3 is 2.36 bits per heavy atom. The highest BCUT2D eigenvalue weighted by atomic mass is 35.5. The van der Waals surface area contributed by atoms with Crippen LogP contribution in [0.3, 0.4) is 0 Å². The highest BCUT2D eigenvalue weighted by molar-refractivity contribution is 7.15. The van der Waals surface area contributed by atoms with Crippen LogP contribution in [0.15, 0.2) is 48.5 Å². The maximum Gasteiger partial charge on any atom is 0.286 e. The first-order valence-corrected chi connectivity index (χ1v) is 8.62. The average Bonchev–Trinajstić information content (AvgIpc) is 3.09. The van der Waals surface area contributed by atoms with Gasteiger partial charge in [-0.2, -0.15) is 0 Å². The van der Waals surface area contributed by atoms with Crippen LogP contribution >= 0.6 is 34.5 Å². The third kappa shape index (κ3) is 4.63. The van der Waals surface area contributed by atoms with Crippen molar-refractivity contribution >= 4 is 57.2 Å². The molecule has 4 nitrogen and oxygen atoms in total. The predicted molar refractivity (Wildman–Crippen MR) is 99.4 cm³/mol. The Balaban J connectivity index is 1.73. The van der Waals surface area contributed by atoms with Gasteiger partial charge in [0.05, 0.1) is 5.03 Å². The van der Waals surface area contributed by atoms with E-state index < -0.39 is 5.91 Å². The van der Waals surface area contributed by atoms with E-state index in [0.29, 0.717) is 20.7 Å². The predicted octanol–water partition coefficient (Wildman–Crippen LogP) is 5.32. The molecule has 0 spiro atoms. The zero-order valence-corrected chi connectivity index (χ0v) is 14.9. The van der Waals surface area contributed by atoms with Gasteiger partial charge in [-0.05, 0) is 48.0 Å². The van der Waals surface area contributed by atoms with E-state index in [0.717, 1.165) is 16.9 Å². The molecule has 0 fully saturated rings. The smallest absolute Gasteiger partial charge is 0.286 e. The first kappa shape index (κ1) is 17.5. The normalized spacial score (nSPS) is 11.4. The van der Waals surface area contributed by atoms with Crippen LogP contribution in [0.25, 0.3) is 11.1 Å². The van der Waals surface area contributed by atoms with Crippen LogP contribution in [0.5, 0.6) is 0 Å². The number of rotatable bonds is 4. The van der Waals surface area contributed by atoms with Crippen LogP contribution in [-0.2, 0) is 0 Å². The van der Waals surface area contributed by atoms with Crippen molar-refractivity contribution in [2.45, 2.75) is 0 Å². The fourth-order valence-electron chi connectivity index (χ4n) is 1.90. The number of amides is 1. The molecule has 126 valence electrons. The fraction of sp³-hybridized carbons (Fsp3) is 0. The number of carbonyl (C=O) groups excluding carboxylic acids is 1. The molecule has 25 heavy (non-hydrogen) atoms. The minimum Gasteiger partial charge on any atom is -0.320 e. The van der Waals surface area contributed by atoms with Gasteiger partial charge >= 0.3 is 0 Å². The van der Waals surface area contributed by atoms with Crippen molar-refractivity contribution in [3.05, 3.63) is 74.9 Å². The van der Waals surface area contributed by atoms with Crippen LogP contribution in [0, 0.1) is 5.82 Å². The SMILES string of the molecule is O=C(Nc1ccc(F)cc1)c1nnc(/C(Cl)=C/c2ccc(Cl)cc2)s1. The Hall–Kier alpha value is -2.28. The molecule has 0 saturated carbocycles. The van der Waals surface area contributed by atoms with Crippen LogP contribution < -0.4 is 5.32 Å². The standard InChI is InChI=1S/C17H10Cl2FN3OS/c18-11-3-1-10(2-4-11)9-14(19)16-22-23-17(25-16)15(24)21-13-7-5-12(20)6-8-13/h1-9H,(H,21,24)/b14-9-. The summed E-state index contributed by atoms with van der Waals surface area (Å²) in [6.45, 7) is 0. The number of nitrogens with one attached hydrogen (secondary N) is 1. The van der Waals surface area contributed by atoms with Crippen molar-refractivity contribution in [2.75, 3.05) is 5.32 Å². The van der Waals surface area contributed by atoms with E-state index in [9.17, 15) is 9.18 Å². The number of benzene rings is 2. The minimum absolute atomic E-state index is 0.155. The second-order valence-electron chi connectivity index (χ2n) is 4.92. The van der Waals surface area contributed by atoms with Gasteiger partial charge in [-0.25, -0.2) is 4.39 Å². The van der Waals surface area contributed by atoms with Crippen LogP contribution in [0.1, 0.15) is 20.4 Å². The summed E-state index contributed by atoms with van der Waals surface area (Å²) in [5, 5.41) is 12.0. The van der Waals surface area contributed by atoms with E-state index in [2.05, 4.69) is 15.5 Å². The summed E-state index contributed by atoms with van der Waals surface area (Å²) in [6, 6.07) is 12.6. The summed E-state index contributed by atoms with van der Waals surface area (Å²) < 4.78 is 12.9. The summed E-state index contributed by atoms with van der Waals surface area (Å²) in [6.07, 6.45) is 1.71. The minimum atomic E-state index is -0.439. The number of carbonyl (C=O) groups is 1. The van der Waals surface area contributed by atoms with Gasteiger partial charge in [0.2, 0.25) is 5.01 Å². The Bertz CT molecular complexity index is 924. The quantitative estimate of drug-likeness (QED) is 0.652. The highest BCUT2D eigenvalue weighted by Gasteiger charge is 2.15. The molecule has 0 unspecified atom stereocenters. The molecule has 1 aromatic heterocycles. The first-order valence-electron chi connectivity index (χ1n) is 7.05. The van der Waals surface area contributed by atoms with Gasteiger partial charge in [-0.3, -0.25) is 4.79 Å². The van der Waals surface area contributed by atoms with E-state index >= 15 is 0 Å². The zero-order chi connectivity index (χ0) is 17.8. The Kier molecular flexibility index (Phi) is 5.43. The second-order valence-corrected chi connectivity index (χ2v) is 6.74. The second kappa shape index (κ2) is 7.74. The molecule has 3 rings (SSSR count). The van der Waals surface area contributed by atoms with Crippen molar-refractivity contribution in [2.24, 2.45) is 0 Å². The van der Waals surface area contributed by atoms with Crippen molar-refractivity contribution in [1.29, 1.82) is 0 Å². The summed E-state index contributed by atoms with van der Waals surface area (Å²) in [7, 11) is 0. The van der Waals surface area contributed by atoms with Gasteiger partial charge in [0.1, 0.15) is 5.82 Å². The molecule has 8 heteroatoms. The van der Waals surface area contributed by atoms with Crippen LogP contribution in [0.4, 0.5) is 10.1 Å². The molecule has 2 aromatic carbocycles. The maximum atomic E-state index is 12.9. The molecule has 1 heterocycles. The molecular weight excluding hydrogens is 384 g/mol. The van der Waals surface area contributed by atoms with Gasteiger partial charge in [-0.15, -0.1) is 10.2 Å². The molecule has 3 aromatic rings. The van der Waals surface area contributed by atoms with E-state index in [1.165, 1.54) is 24.3 Å². The van der Waals surface area contributed by atoms with Gasteiger partial charge < -0.3 is 5.32 Å². The summed E-state index contributed by atoms with van der Waals surface area (Å²) in [5.41, 5.74) is 1.31. The van der Waals surface area contributed by atoms with Crippen LogP contribution in [-0.4, -0.2) is 16.1 Å². The first-order chi connectivity index (χ1) is 12.0. The highest BCUT2D eigenvalue weighted by Crippen LogP contribution is 2.26. The lowest BCUT2D eigenvalue weighted by molar-refractivity contribution is 0.102. The van der Waals surface area contributed by atoms with Crippen molar-refractivity contribution < 1.29 is 9.18 Å². The van der Waals surface area contributed by atoms with Crippen molar-refractivity contribution in [1.82, 2.24) is 10.2 Å². The number of halogens is 3. The Morgan fingerprint density at radius 1 is 1.04 bits per heavy atom. The molecule has 1 amide bonds. The van der Waals surface area contributed by atoms with E-state index in [4.69, 9.17) is 23.2 Å². The third-order valence-electron chi connectivity index (χ3n) is 3.09. The zero-order valence-electron chi connectivity index (χ0n) is 12.5. The number of nitrogens with zero attached hydrogens (tertiary/aromatic N) is 2. The van der Waals surface area contributed by atoms with Gasteiger partial charge in [0, 0.05) is 10.7 Å². The van der Waals surface area contributed by atoms with E-state index in [1.54, 1.807) is 18.2 Å². The molecular formula is C17H10Cl2FN3OS. The Labute approximate surface area is 156 Å². The van der Waals surface area contributed by atoms with Crippen LogP contribution in [0.2, 0.25) is 5.02 Å². The monoisotopic (exact) mass is 393 g/mol. The summed E-state index contributed by atoms with van der Waals surface area (Å²) in [5.74, 6) is -0.818. The molecule has 0 aliphatic rings. The molecule has 0 bridgehead atoms. The lowest BCUT2D eigenvalue weighted by Gasteiger charge is -2.01. The lowest BCUT2D eigenvalue weighted by atomic mass is 10.2. The summed E-state index contributed by atoms with van der Waals surface area (Å²) in [4.78, 5) is 12.2. The molecule has 0 saturated heterocycles. The van der Waals surface area contributed by atoms with Gasteiger partial charge in [0.25, 0.3) is 5.91 Å². The fourth-order valence-corrected chi connectivity index (χ4v) is 2.95. The molecule has 0 atom stereocenters. The van der Waals surface area contributed by atoms with Gasteiger partial charge in [0.15, 0.2) is 5.01 Å². The third-order valence-corrected chi connectivity index (χ3v) is 4.70. The largest absolute Gasteiger partial charge is 0.320 e. The topological polar surface area (TPSA) is 54.9 Å². The molecule has 0 aliphatic heterocycles. The number of anilines is 1. The average molecular weight is 394 g/mol. The number of hydrogen-bond acceptors (Lipinski definition) is 4. The van der Waals surface area contributed by atoms with E-state index in [-0.39, 0.29) is 10.8 Å². The van der Waals surface area contributed by atoms with E-state index in [1.807, 2.05) is 12.1 Å². The summed E-state index contributed by atoms with van der Waals surface area (Å²) >= 11 is 13.1. The van der Waals surface area contributed by atoms with Crippen molar-refractivity contribution in [3.8, 4) is 0 Å². The van der Waals surface area contributed by atoms with Gasteiger partial charge in [-0.1, -0.05) is 46.7 Å². The Morgan fingerprint density at radius 2 is 1.68 bits per heavy atom. The maximum absolute atomic E-state index is 12.9. The number of aromatic nitrogens is 2. The number of hydrogen-bond donors (Lipinski definition) is 1. The van der Waals surface area contributed by atoms with Crippen molar-refractivity contribution in [3.63, 3.8) is 0 Å². The molecule has 1 N–H and O–H groups in total.